The SMILES string of the molecule is Cc1ccn2c(C)c(C3CCCCN3)nc2c1. The highest BCUT2D eigenvalue weighted by Gasteiger charge is 2.20. The molecule has 1 aliphatic heterocycles. The summed E-state index contributed by atoms with van der Waals surface area (Å²) in [6, 6.07) is 4.74. The summed E-state index contributed by atoms with van der Waals surface area (Å²) in [5.74, 6) is 0. The molecule has 0 amide bonds. The fourth-order valence-electron chi connectivity index (χ4n) is 2.70. The van der Waals surface area contributed by atoms with Gasteiger partial charge < -0.3 is 9.72 Å². The van der Waals surface area contributed by atoms with Crippen LogP contribution in [0.4, 0.5) is 0 Å². The van der Waals surface area contributed by atoms with Gasteiger partial charge in [0.2, 0.25) is 0 Å². The first kappa shape index (κ1) is 10.8. The second-order valence-electron chi connectivity index (χ2n) is 5.02. The van der Waals surface area contributed by atoms with Gasteiger partial charge in [0.1, 0.15) is 5.65 Å². The van der Waals surface area contributed by atoms with Gasteiger partial charge in [-0.3, -0.25) is 0 Å². The second kappa shape index (κ2) is 4.15. The minimum atomic E-state index is 0.448. The Balaban J connectivity index is 2.07. The normalized spacial score (nSPS) is 20.9. The van der Waals surface area contributed by atoms with Crippen LogP contribution in [0.3, 0.4) is 0 Å². The molecule has 2 aromatic rings. The van der Waals surface area contributed by atoms with E-state index in [4.69, 9.17) is 4.98 Å². The summed E-state index contributed by atoms with van der Waals surface area (Å²) in [7, 11) is 0. The molecule has 1 fully saturated rings. The molecule has 1 aliphatic rings. The minimum Gasteiger partial charge on any atom is -0.309 e. The average Bonchev–Trinajstić information content (AvgIpc) is 2.67. The minimum absolute atomic E-state index is 0.448. The lowest BCUT2D eigenvalue weighted by Crippen LogP contribution is -2.27. The molecule has 3 nitrogen and oxygen atoms in total. The highest BCUT2D eigenvalue weighted by Crippen LogP contribution is 2.25. The number of pyridine rings is 1. The van der Waals surface area contributed by atoms with Crippen molar-refractivity contribution in [3.63, 3.8) is 0 Å². The number of aromatic nitrogens is 2. The number of piperidine rings is 1. The Labute approximate surface area is 102 Å². The average molecular weight is 229 g/mol. The Morgan fingerprint density at radius 1 is 1.35 bits per heavy atom. The number of aryl methyl sites for hydroxylation is 2. The first-order chi connectivity index (χ1) is 8.25. The molecule has 0 saturated carbocycles. The van der Waals surface area contributed by atoms with E-state index in [1.807, 2.05) is 0 Å². The van der Waals surface area contributed by atoms with Gasteiger partial charge in [-0.15, -0.1) is 0 Å². The van der Waals surface area contributed by atoms with Crippen LogP contribution in [0.25, 0.3) is 5.65 Å². The Hall–Kier alpha value is -1.35. The van der Waals surface area contributed by atoms with Gasteiger partial charge in [-0.2, -0.15) is 0 Å². The molecule has 1 unspecified atom stereocenters. The van der Waals surface area contributed by atoms with E-state index in [-0.39, 0.29) is 0 Å². The van der Waals surface area contributed by atoms with Crippen LogP contribution < -0.4 is 5.32 Å². The number of fused-ring (bicyclic) bond motifs is 1. The first-order valence-corrected chi connectivity index (χ1v) is 6.44. The van der Waals surface area contributed by atoms with Crippen molar-refractivity contribution in [2.24, 2.45) is 0 Å². The van der Waals surface area contributed by atoms with E-state index in [1.54, 1.807) is 0 Å². The van der Waals surface area contributed by atoms with Crippen molar-refractivity contribution >= 4 is 5.65 Å². The largest absolute Gasteiger partial charge is 0.309 e. The summed E-state index contributed by atoms with van der Waals surface area (Å²) in [5, 5.41) is 3.58. The summed E-state index contributed by atoms with van der Waals surface area (Å²) in [6.45, 7) is 5.40. The van der Waals surface area contributed by atoms with Gasteiger partial charge in [-0.25, -0.2) is 4.98 Å². The molecule has 0 bridgehead atoms. The lowest BCUT2D eigenvalue weighted by molar-refractivity contribution is 0.405. The Morgan fingerprint density at radius 2 is 2.24 bits per heavy atom. The highest BCUT2D eigenvalue weighted by molar-refractivity contribution is 5.46. The summed E-state index contributed by atoms with van der Waals surface area (Å²) in [6.07, 6.45) is 5.94. The van der Waals surface area contributed by atoms with Gasteiger partial charge in [0, 0.05) is 11.9 Å². The van der Waals surface area contributed by atoms with Crippen LogP contribution in [-0.2, 0) is 0 Å². The van der Waals surface area contributed by atoms with E-state index in [0.29, 0.717) is 6.04 Å². The summed E-state index contributed by atoms with van der Waals surface area (Å²) in [4.78, 5) is 4.80. The second-order valence-corrected chi connectivity index (χ2v) is 5.02. The zero-order valence-electron chi connectivity index (χ0n) is 10.5. The smallest absolute Gasteiger partial charge is 0.137 e. The predicted octanol–water partition coefficient (Wildman–Crippen LogP) is 2.77. The zero-order valence-corrected chi connectivity index (χ0v) is 10.5. The summed E-state index contributed by atoms with van der Waals surface area (Å²) in [5.41, 5.74) is 4.85. The molecule has 0 aromatic carbocycles. The molecular weight excluding hydrogens is 210 g/mol. The molecule has 0 radical (unpaired) electrons. The van der Waals surface area contributed by atoms with Gasteiger partial charge >= 0.3 is 0 Å². The van der Waals surface area contributed by atoms with Crippen LogP contribution in [-0.4, -0.2) is 15.9 Å². The van der Waals surface area contributed by atoms with Crippen LogP contribution in [0.15, 0.2) is 18.3 Å². The third kappa shape index (κ3) is 1.84. The monoisotopic (exact) mass is 229 g/mol. The van der Waals surface area contributed by atoms with E-state index in [0.717, 1.165) is 12.2 Å². The maximum atomic E-state index is 4.80. The maximum absolute atomic E-state index is 4.80. The van der Waals surface area contributed by atoms with Crippen LogP contribution in [0.1, 0.15) is 42.3 Å². The molecule has 3 heteroatoms. The fourth-order valence-corrected chi connectivity index (χ4v) is 2.70. The highest BCUT2D eigenvalue weighted by atomic mass is 15.1. The lowest BCUT2D eigenvalue weighted by Gasteiger charge is -2.22. The van der Waals surface area contributed by atoms with Crippen molar-refractivity contribution in [3.8, 4) is 0 Å². The Morgan fingerprint density at radius 3 is 3.00 bits per heavy atom. The van der Waals surface area contributed by atoms with E-state index in [1.165, 1.54) is 36.2 Å². The molecule has 3 heterocycles. The lowest BCUT2D eigenvalue weighted by atomic mass is 10.0. The van der Waals surface area contributed by atoms with Gasteiger partial charge in [-0.1, -0.05) is 6.42 Å². The Bertz CT molecular complexity index is 536. The molecule has 0 aliphatic carbocycles. The van der Waals surface area contributed by atoms with Crippen LogP contribution in [0.2, 0.25) is 0 Å². The zero-order chi connectivity index (χ0) is 11.8. The van der Waals surface area contributed by atoms with Crippen molar-refractivity contribution < 1.29 is 0 Å². The predicted molar refractivity (Wildman–Crippen MR) is 69.3 cm³/mol. The fraction of sp³-hybridized carbons (Fsp3) is 0.500. The summed E-state index contributed by atoms with van der Waals surface area (Å²) < 4.78 is 2.19. The number of nitrogens with one attached hydrogen (secondary N) is 1. The van der Waals surface area contributed by atoms with E-state index >= 15 is 0 Å². The van der Waals surface area contributed by atoms with E-state index < -0.39 is 0 Å². The van der Waals surface area contributed by atoms with Crippen molar-refractivity contribution in [2.75, 3.05) is 6.54 Å². The van der Waals surface area contributed by atoms with Gasteiger partial charge in [0.15, 0.2) is 0 Å². The van der Waals surface area contributed by atoms with Gasteiger partial charge in [0.25, 0.3) is 0 Å². The standard InChI is InChI=1S/C14H19N3/c1-10-6-8-17-11(2)14(16-13(17)9-10)12-5-3-4-7-15-12/h6,8-9,12,15H,3-5,7H2,1-2H3. The van der Waals surface area contributed by atoms with Gasteiger partial charge in [-0.05, 0) is 50.9 Å². The molecule has 2 aromatic heterocycles. The topological polar surface area (TPSA) is 29.3 Å². The number of rotatable bonds is 1. The third-order valence-electron chi connectivity index (χ3n) is 3.70. The van der Waals surface area contributed by atoms with E-state index in [2.05, 4.69) is 41.9 Å². The molecule has 90 valence electrons. The number of hydrogen-bond acceptors (Lipinski definition) is 2. The Kier molecular flexibility index (Phi) is 2.63. The molecular formula is C14H19N3. The molecule has 3 rings (SSSR count). The van der Waals surface area contributed by atoms with Crippen molar-refractivity contribution in [1.82, 2.24) is 14.7 Å². The number of hydrogen-bond donors (Lipinski definition) is 1. The van der Waals surface area contributed by atoms with Crippen LogP contribution in [0.5, 0.6) is 0 Å². The van der Waals surface area contributed by atoms with Crippen molar-refractivity contribution in [1.29, 1.82) is 0 Å². The maximum Gasteiger partial charge on any atom is 0.137 e. The van der Waals surface area contributed by atoms with Crippen LogP contribution in [0, 0.1) is 13.8 Å². The number of imidazole rings is 1. The first-order valence-electron chi connectivity index (χ1n) is 6.44. The number of nitrogens with zero attached hydrogens (tertiary/aromatic N) is 2. The molecule has 0 spiro atoms. The van der Waals surface area contributed by atoms with Crippen LogP contribution >= 0.6 is 0 Å². The van der Waals surface area contributed by atoms with Crippen molar-refractivity contribution in [3.05, 3.63) is 35.3 Å². The molecule has 1 N–H and O–H groups in total. The molecule has 1 saturated heterocycles. The molecule has 17 heavy (non-hydrogen) atoms. The molecule has 1 atom stereocenters. The van der Waals surface area contributed by atoms with E-state index in [9.17, 15) is 0 Å². The third-order valence-corrected chi connectivity index (χ3v) is 3.70. The summed E-state index contributed by atoms with van der Waals surface area (Å²) >= 11 is 0. The van der Waals surface area contributed by atoms with Crippen molar-refractivity contribution in [2.45, 2.75) is 39.2 Å². The van der Waals surface area contributed by atoms with Gasteiger partial charge in [0.05, 0.1) is 11.7 Å². The quantitative estimate of drug-likeness (QED) is 0.814.